The minimum atomic E-state index is -0.583. The van der Waals surface area contributed by atoms with E-state index < -0.39 is 17.7 Å². The van der Waals surface area contributed by atoms with Crippen LogP contribution in [0.2, 0.25) is 0 Å². The van der Waals surface area contributed by atoms with Crippen molar-refractivity contribution in [1.29, 1.82) is 0 Å². The SMILES string of the molecule is CC(C)N(CCC(O)c1ccc2ccccc2c1)Cc1cc(F)cc(F)c1. The van der Waals surface area contributed by atoms with Gasteiger partial charge in [-0.2, -0.15) is 0 Å². The lowest BCUT2D eigenvalue weighted by atomic mass is 10.0. The van der Waals surface area contributed by atoms with Gasteiger partial charge in [0, 0.05) is 25.2 Å². The molecule has 142 valence electrons. The second-order valence-corrected chi connectivity index (χ2v) is 7.25. The Kier molecular flexibility index (Phi) is 6.19. The van der Waals surface area contributed by atoms with Crippen molar-refractivity contribution in [2.45, 2.75) is 39.0 Å². The first-order valence-corrected chi connectivity index (χ1v) is 9.28. The first-order chi connectivity index (χ1) is 12.9. The molecule has 4 heteroatoms. The van der Waals surface area contributed by atoms with Gasteiger partial charge in [-0.05, 0) is 60.4 Å². The third kappa shape index (κ3) is 5.12. The van der Waals surface area contributed by atoms with Gasteiger partial charge in [-0.1, -0.05) is 36.4 Å². The number of benzene rings is 3. The number of rotatable bonds is 7. The number of hydrogen-bond acceptors (Lipinski definition) is 2. The summed E-state index contributed by atoms with van der Waals surface area (Å²) in [6.45, 7) is 5.15. The van der Waals surface area contributed by atoms with Gasteiger partial charge in [0.25, 0.3) is 0 Å². The summed E-state index contributed by atoms with van der Waals surface area (Å²) in [6, 6.07) is 17.8. The lowest BCUT2D eigenvalue weighted by Gasteiger charge is -2.27. The summed E-state index contributed by atoms with van der Waals surface area (Å²) in [4.78, 5) is 2.11. The van der Waals surface area contributed by atoms with Crippen molar-refractivity contribution in [3.05, 3.63) is 83.4 Å². The summed E-state index contributed by atoms with van der Waals surface area (Å²) >= 11 is 0. The van der Waals surface area contributed by atoms with Crippen molar-refractivity contribution in [3.8, 4) is 0 Å². The molecule has 0 bridgehead atoms. The van der Waals surface area contributed by atoms with Gasteiger partial charge >= 0.3 is 0 Å². The average molecular weight is 369 g/mol. The first-order valence-electron chi connectivity index (χ1n) is 9.28. The minimum absolute atomic E-state index is 0.195. The highest BCUT2D eigenvalue weighted by Crippen LogP contribution is 2.23. The molecular weight excluding hydrogens is 344 g/mol. The molecule has 0 aliphatic carbocycles. The maximum absolute atomic E-state index is 13.4. The van der Waals surface area contributed by atoms with E-state index in [1.807, 2.05) is 56.3 Å². The van der Waals surface area contributed by atoms with E-state index in [0.29, 0.717) is 25.1 Å². The lowest BCUT2D eigenvalue weighted by Crippen LogP contribution is -2.32. The molecule has 0 amide bonds. The molecule has 2 nitrogen and oxygen atoms in total. The van der Waals surface area contributed by atoms with Gasteiger partial charge in [0.05, 0.1) is 6.10 Å². The van der Waals surface area contributed by atoms with Crippen LogP contribution in [0.5, 0.6) is 0 Å². The van der Waals surface area contributed by atoms with Crippen molar-refractivity contribution in [3.63, 3.8) is 0 Å². The topological polar surface area (TPSA) is 23.5 Å². The number of aliphatic hydroxyl groups is 1. The molecule has 0 aliphatic heterocycles. The Labute approximate surface area is 159 Å². The van der Waals surface area contributed by atoms with Crippen LogP contribution in [0.4, 0.5) is 8.78 Å². The highest BCUT2D eigenvalue weighted by molar-refractivity contribution is 5.83. The van der Waals surface area contributed by atoms with E-state index in [-0.39, 0.29) is 6.04 Å². The van der Waals surface area contributed by atoms with Crippen LogP contribution in [-0.4, -0.2) is 22.6 Å². The Bertz CT molecular complexity index is 890. The van der Waals surface area contributed by atoms with Crippen LogP contribution in [-0.2, 0) is 6.54 Å². The molecular formula is C23H25F2NO. The molecule has 0 aliphatic rings. The van der Waals surface area contributed by atoms with Gasteiger partial charge in [0.2, 0.25) is 0 Å². The van der Waals surface area contributed by atoms with Crippen molar-refractivity contribution in [1.82, 2.24) is 4.90 Å². The van der Waals surface area contributed by atoms with Crippen LogP contribution in [0.1, 0.15) is 37.5 Å². The molecule has 1 unspecified atom stereocenters. The lowest BCUT2D eigenvalue weighted by molar-refractivity contribution is 0.127. The smallest absolute Gasteiger partial charge is 0.126 e. The zero-order valence-electron chi connectivity index (χ0n) is 15.7. The number of halogens is 2. The maximum Gasteiger partial charge on any atom is 0.126 e. The second kappa shape index (κ2) is 8.59. The Hall–Kier alpha value is -2.30. The summed E-state index contributed by atoms with van der Waals surface area (Å²) in [5.74, 6) is -1.13. The molecule has 0 saturated heterocycles. The standard InChI is InChI=1S/C23H25F2NO/c1-16(2)26(15-17-11-21(24)14-22(25)12-17)10-9-23(27)20-8-7-18-5-3-4-6-19(18)13-20/h3-8,11-14,16,23,27H,9-10,15H2,1-2H3. The van der Waals surface area contributed by atoms with Gasteiger partial charge < -0.3 is 5.11 Å². The summed E-state index contributed by atoms with van der Waals surface area (Å²) in [5, 5.41) is 12.9. The summed E-state index contributed by atoms with van der Waals surface area (Å²) in [5.41, 5.74) is 1.48. The molecule has 0 aromatic heterocycles. The normalized spacial score (nSPS) is 12.9. The largest absolute Gasteiger partial charge is 0.388 e. The van der Waals surface area contributed by atoms with Crippen LogP contribution in [0.15, 0.2) is 60.7 Å². The summed E-state index contributed by atoms with van der Waals surface area (Å²) in [7, 11) is 0. The molecule has 0 radical (unpaired) electrons. The van der Waals surface area contributed by atoms with Gasteiger partial charge in [-0.15, -0.1) is 0 Å². The maximum atomic E-state index is 13.4. The van der Waals surface area contributed by atoms with Crippen LogP contribution in [0, 0.1) is 11.6 Å². The zero-order chi connectivity index (χ0) is 19.4. The van der Waals surface area contributed by atoms with Crippen LogP contribution < -0.4 is 0 Å². The predicted molar refractivity (Wildman–Crippen MR) is 105 cm³/mol. The molecule has 3 aromatic rings. The van der Waals surface area contributed by atoms with Crippen molar-refractivity contribution in [2.75, 3.05) is 6.54 Å². The Morgan fingerprint density at radius 3 is 2.22 bits per heavy atom. The van der Waals surface area contributed by atoms with Crippen LogP contribution in [0.3, 0.4) is 0 Å². The first kappa shape index (κ1) is 19.5. The molecule has 0 heterocycles. The highest BCUT2D eigenvalue weighted by atomic mass is 19.1. The fourth-order valence-corrected chi connectivity index (χ4v) is 3.33. The van der Waals surface area contributed by atoms with Crippen molar-refractivity contribution in [2.24, 2.45) is 0 Å². The molecule has 3 aromatic carbocycles. The molecule has 3 rings (SSSR count). The van der Waals surface area contributed by atoms with Crippen LogP contribution in [0.25, 0.3) is 10.8 Å². The molecule has 0 spiro atoms. The van der Waals surface area contributed by atoms with Gasteiger partial charge in [-0.25, -0.2) is 8.78 Å². The van der Waals surface area contributed by atoms with E-state index in [9.17, 15) is 13.9 Å². The minimum Gasteiger partial charge on any atom is -0.388 e. The molecule has 0 fully saturated rings. The molecule has 1 N–H and O–H groups in total. The van der Waals surface area contributed by atoms with Gasteiger partial charge in [0.1, 0.15) is 11.6 Å². The van der Waals surface area contributed by atoms with Crippen molar-refractivity contribution < 1.29 is 13.9 Å². The Morgan fingerprint density at radius 2 is 1.56 bits per heavy atom. The van der Waals surface area contributed by atoms with E-state index in [0.717, 1.165) is 22.4 Å². The third-order valence-corrected chi connectivity index (χ3v) is 4.89. The van der Waals surface area contributed by atoms with E-state index in [1.165, 1.54) is 12.1 Å². The zero-order valence-corrected chi connectivity index (χ0v) is 15.7. The molecule has 27 heavy (non-hydrogen) atoms. The van der Waals surface area contributed by atoms with E-state index >= 15 is 0 Å². The molecule has 0 saturated carbocycles. The quantitative estimate of drug-likeness (QED) is 0.598. The second-order valence-electron chi connectivity index (χ2n) is 7.25. The highest BCUT2D eigenvalue weighted by Gasteiger charge is 2.15. The average Bonchev–Trinajstić information content (AvgIpc) is 2.63. The third-order valence-electron chi connectivity index (χ3n) is 4.89. The van der Waals surface area contributed by atoms with E-state index in [2.05, 4.69) is 4.90 Å². The summed E-state index contributed by atoms with van der Waals surface area (Å²) < 4.78 is 26.9. The fraction of sp³-hybridized carbons (Fsp3) is 0.304. The summed E-state index contributed by atoms with van der Waals surface area (Å²) in [6.07, 6.45) is -0.0333. The van der Waals surface area contributed by atoms with E-state index in [4.69, 9.17) is 0 Å². The number of fused-ring (bicyclic) bond motifs is 1. The molecule has 1 atom stereocenters. The Morgan fingerprint density at radius 1 is 0.889 bits per heavy atom. The Balaban J connectivity index is 1.67. The fourth-order valence-electron chi connectivity index (χ4n) is 3.33. The van der Waals surface area contributed by atoms with Crippen molar-refractivity contribution >= 4 is 10.8 Å². The monoisotopic (exact) mass is 369 g/mol. The van der Waals surface area contributed by atoms with Gasteiger partial charge in [-0.3, -0.25) is 4.90 Å². The number of aliphatic hydroxyl groups excluding tert-OH is 1. The predicted octanol–water partition coefficient (Wildman–Crippen LogP) is 5.45. The van der Waals surface area contributed by atoms with Gasteiger partial charge in [0.15, 0.2) is 0 Å². The number of nitrogens with zero attached hydrogens (tertiary/aromatic N) is 1. The number of hydrogen-bond donors (Lipinski definition) is 1. The van der Waals surface area contributed by atoms with E-state index in [1.54, 1.807) is 0 Å². The van der Waals surface area contributed by atoms with Crippen LogP contribution >= 0.6 is 0 Å².